The zero-order chi connectivity index (χ0) is 39.3. The number of hydrogen-bond acceptors (Lipinski definition) is 5. The van der Waals surface area contributed by atoms with E-state index in [1.54, 1.807) is 24.7 Å². The van der Waals surface area contributed by atoms with Gasteiger partial charge >= 0.3 is 0 Å². The second kappa shape index (κ2) is 14.7. The fraction of sp³-hybridized carbons (Fsp3) is 0.209. The molecule has 5 nitrogen and oxygen atoms in total. The largest absolute Gasteiger partial charge is 0.332 e. The van der Waals surface area contributed by atoms with Crippen molar-refractivity contribution in [3.05, 3.63) is 133 Å². The number of thiophene rings is 1. The summed E-state index contributed by atoms with van der Waals surface area (Å²) in [4.78, 5) is 19.1. The van der Waals surface area contributed by atoms with Crippen LogP contribution >= 0.6 is 11.3 Å². The van der Waals surface area contributed by atoms with Crippen molar-refractivity contribution in [1.29, 1.82) is 0 Å². The summed E-state index contributed by atoms with van der Waals surface area (Å²) in [5.41, 5.74) is 5.63. The molecular weight excluding hydrogens is 839 g/mol. The third-order valence-corrected chi connectivity index (χ3v) is 11.4. The Kier molecular flexibility index (Phi) is 8.75. The molecule has 0 fully saturated rings. The van der Waals surface area contributed by atoms with Crippen LogP contribution in [0.25, 0.3) is 59.7 Å². The monoisotopic (exact) mass is 885 g/mol. The van der Waals surface area contributed by atoms with E-state index in [1.807, 2.05) is 110 Å². The van der Waals surface area contributed by atoms with Crippen molar-refractivity contribution in [2.45, 2.75) is 53.6 Å². The summed E-state index contributed by atoms with van der Waals surface area (Å²) in [7, 11) is -1.70. The molecule has 0 bridgehead atoms. The predicted molar refractivity (Wildman–Crippen MR) is 213 cm³/mol. The summed E-state index contributed by atoms with van der Waals surface area (Å²) in [6.45, 7) is 10.3. The first-order valence-electron chi connectivity index (χ1n) is 19.1. The van der Waals surface area contributed by atoms with Gasteiger partial charge < -0.3 is 9.55 Å². The van der Waals surface area contributed by atoms with Crippen molar-refractivity contribution >= 4 is 55.9 Å². The van der Waals surface area contributed by atoms with E-state index in [2.05, 4.69) is 46.7 Å². The molecule has 0 saturated heterocycles. The Morgan fingerprint density at radius 3 is 2.45 bits per heavy atom. The number of imidazole rings is 1. The molecule has 0 N–H and O–H groups in total. The van der Waals surface area contributed by atoms with Gasteiger partial charge in [0.05, 0.1) is 31.1 Å². The van der Waals surface area contributed by atoms with E-state index < -0.39 is 26.7 Å². The first-order chi connectivity index (χ1) is 26.0. The average Bonchev–Trinajstić information content (AvgIpc) is 3.73. The molecule has 0 spiro atoms. The average molecular weight is 885 g/mol. The summed E-state index contributed by atoms with van der Waals surface area (Å²) < 4.78 is 44.6. The van der Waals surface area contributed by atoms with Crippen LogP contribution in [0.2, 0.25) is 19.6 Å². The van der Waals surface area contributed by atoms with Gasteiger partial charge in [0.25, 0.3) is 0 Å². The number of fused-ring (bicyclic) bond motifs is 4. The van der Waals surface area contributed by atoms with E-state index in [0.717, 1.165) is 59.2 Å². The van der Waals surface area contributed by atoms with Crippen LogP contribution in [0.3, 0.4) is 0 Å². The van der Waals surface area contributed by atoms with Gasteiger partial charge in [-0.15, -0.1) is 53.6 Å². The fourth-order valence-electron chi connectivity index (χ4n) is 6.01. The summed E-state index contributed by atoms with van der Waals surface area (Å²) in [5.74, 6) is 0.688. The van der Waals surface area contributed by atoms with E-state index in [4.69, 9.17) is 11.8 Å². The fourth-order valence-corrected chi connectivity index (χ4v) is 8.57. The molecule has 0 unspecified atom stereocenters. The smallest absolute Gasteiger partial charge is 0.113 e. The van der Waals surface area contributed by atoms with Crippen LogP contribution in [-0.2, 0) is 26.5 Å². The molecule has 8 heteroatoms. The van der Waals surface area contributed by atoms with Crippen LogP contribution in [0.4, 0.5) is 0 Å². The molecule has 0 aliphatic rings. The van der Waals surface area contributed by atoms with Crippen molar-refractivity contribution in [1.82, 2.24) is 24.5 Å². The Hall–Kier alpha value is -4.33. The molecule has 259 valence electrons. The number of hydrogen-bond donors (Lipinski definition) is 0. The Labute approximate surface area is 326 Å². The van der Waals surface area contributed by atoms with Gasteiger partial charge in [-0.05, 0) is 51.6 Å². The number of para-hydroxylation sites is 1. The van der Waals surface area contributed by atoms with Gasteiger partial charge in [0.15, 0.2) is 0 Å². The van der Waals surface area contributed by atoms with Crippen LogP contribution in [0.1, 0.15) is 38.8 Å². The van der Waals surface area contributed by atoms with Gasteiger partial charge in [0, 0.05) is 56.6 Å². The molecule has 0 amide bonds. The van der Waals surface area contributed by atoms with Crippen LogP contribution in [0.15, 0.2) is 110 Å². The molecule has 51 heavy (non-hydrogen) atoms. The van der Waals surface area contributed by atoms with Gasteiger partial charge in [-0.2, -0.15) is 11.3 Å². The molecule has 0 saturated carbocycles. The normalized spacial score (nSPS) is 13.7. The zero-order valence-corrected chi connectivity index (χ0v) is 33.6. The molecule has 8 aromatic rings. The van der Waals surface area contributed by atoms with Crippen molar-refractivity contribution in [3.63, 3.8) is 0 Å². The van der Waals surface area contributed by atoms with Crippen LogP contribution < -0.4 is 5.19 Å². The summed E-state index contributed by atoms with van der Waals surface area (Å²) >= 11 is 1.47. The first-order valence-corrected chi connectivity index (χ1v) is 20.9. The molecule has 8 rings (SSSR count). The van der Waals surface area contributed by atoms with Gasteiger partial charge in [-0.1, -0.05) is 94.1 Å². The van der Waals surface area contributed by atoms with Crippen molar-refractivity contribution in [2.24, 2.45) is 5.41 Å². The maximum absolute atomic E-state index is 8.75. The molecular formula is C43H41IrN5SSi-2. The Balaban J connectivity index is 0.000000198. The van der Waals surface area contributed by atoms with Crippen molar-refractivity contribution < 1.29 is 27.0 Å². The minimum absolute atomic E-state index is 0. The minimum atomic E-state index is -2.26. The van der Waals surface area contributed by atoms with Gasteiger partial charge in [0.2, 0.25) is 0 Å². The van der Waals surface area contributed by atoms with E-state index in [9.17, 15) is 0 Å². The van der Waals surface area contributed by atoms with E-state index in [0.29, 0.717) is 11.2 Å². The number of rotatable bonds is 5. The number of pyridine rings is 3. The van der Waals surface area contributed by atoms with Crippen molar-refractivity contribution in [2.75, 3.05) is 0 Å². The minimum Gasteiger partial charge on any atom is -0.332 e. The second-order valence-electron chi connectivity index (χ2n) is 14.2. The maximum Gasteiger partial charge on any atom is 0.113 e. The third kappa shape index (κ3) is 7.65. The number of aryl methyl sites for hydroxylation is 1. The summed E-state index contributed by atoms with van der Waals surface area (Å²) in [6.07, 6.45) is 5.70. The number of nitrogens with zero attached hydrogens (tertiary/aromatic N) is 5. The van der Waals surface area contributed by atoms with Gasteiger partial charge in [-0.25, -0.2) is 4.98 Å². The molecule has 0 aliphatic carbocycles. The Morgan fingerprint density at radius 2 is 1.73 bits per heavy atom. The van der Waals surface area contributed by atoms with E-state index >= 15 is 0 Å². The van der Waals surface area contributed by atoms with E-state index in [1.165, 1.54) is 11.3 Å². The second-order valence-corrected chi connectivity index (χ2v) is 20.3. The molecule has 3 aromatic carbocycles. The summed E-state index contributed by atoms with van der Waals surface area (Å²) in [6, 6.07) is 33.2. The zero-order valence-electron chi connectivity index (χ0n) is 34.4. The van der Waals surface area contributed by atoms with Gasteiger partial charge in [0.1, 0.15) is 4.83 Å². The van der Waals surface area contributed by atoms with Crippen LogP contribution in [-0.4, -0.2) is 32.6 Å². The molecule has 0 aliphatic heterocycles. The standard InChI is InChI=1S/C24H15N4S.C19H26NSi.Ir/c1-15-9-10-18(22-21(15)17-8-5-12-26-24(17)29-22)23-27-19-11-13-25-14-20(19)28(23)16-6-3-2-4-7-16;1-19(2,3)13-16-12-17(15-10-8-7-9-11-15)20-14-18(16)21(4,5)6;/h2-9,11-14H,1H3;7-10,12,14H,13H2,1-6H3;/q2*-1;/i1D3;13D2;. The number of aromatic nitrogens is 5. The Morgan fingerprint density at radius 1 is 0.922 bits per heavy atom. The molecule has 0 atom stereocenters. The predicted octanol–water partition coefficient (Wildman–Crippen LogP) is 10.6. The Bertz CT molecular complexity index is 2650. The summed E-state index contributed by atoms with van der Waals surface area (Å²) in [5, 5.41) is 2.62. The third-order valence-electron chi connectivity index (χ3n) is 8.22. The molecule has 1 radical (unpaired) electrons. The quantitative estimate of drug-likeness (QED) is 0.128. The SMILES string of the molecule is [2H]C([2H])([2H])c1c[c-]c(-c2nc3ccncc3n2-c2ccccc2)c2sc3ncccc3c12.[2H]C([2H])(c1cc(-c2[c-]cccc2)ncc1[Si](C)(C)C)C(C)(C)C.[Ir]. The van der Waals surface area contributed by atoms with E-state index in [-0.39, 0.29) is 25.7 Å². The number of benzene rings is 3. The molecule has 5 heterocycles. The first kappa shape index (κ1) is 30.3. The van der Waals surface area contributed by atoms with Crippen LogP contribution in [0, 0.1) is 24.4 Å². The van der Waals surface area contributed by atoms with Crippen molar-refractivity contribution in [3.8, 4) is 28.3 Å². The van der Waals surface area contributed by atoms with Gasteiger partial charge in [-0.3, -0.25) is 9.97 Å². The maximum atomic E-state index is 8.75. The molecule has 5 aromatic heterocycles. The van der Waals surface area contributed by atoms with Crippen LogP contribution in [0.5, 0.6) is 0 Å². The topological polar surface area (TPSA) is 56.5 Å².